The Hall–Kier alpha value is -1.54. The molecule has 1 unspecified atom stereocenters. The number of hydrogen-bond donors (Lipinski definition) is 1. The summed E-state index contributed by atoms with van der Waals surface area (Å²) in [5.74, 6) is -0.254. The first-order valence-corrected chi connectivity index (χ1v) is 7.41. The first-order chi connectivity index (χ1) is 9.74. The Bertz CT molecular complexity index is 612. The molecular formula is C17H17ClFN. The fourth-order valence-electron chi connectivity index (χ4n) is 2.87. The van der Waals surface area contributed by atoms with Crippen molar-refractivity contribution in [1.82, 2.24) is 0 Å². The normalized spacial score (nSPS) is 18.2. The van der Waals surface area contributed by atoms with E-state index in [0.717, 1.165) is 19.3 Å². The maximum absolute atomic E-state index is 13.9. The summed E-state index contributed by atoms with van der Waals surface area (Å²) >= 11 is 5.96. The third-order valence-electron chi connectivity index (χ3n) is 3.88. The summed E-state index contributed by atoms with van der Waals surface area (Å²) in [7, 11) is 0. The molecule has 0 amide bonds. The molecule has 1 aliphatic rings. The van der Waals surface area contributed by atoms with Crippen LogP contribution in [0.25, 0.3) is 0 Å². The van der Waals surface area contributed by atoms with Gasteiger partial charge in [0.05, 0.1) is 11.7 Å². The monoisotopic (exact) mass is 289 g/mol. The number of anilines is 1. The second-order valence-electron chi connectivity index (χ2n) is 5.27. The van der Waals surface area contributed by atoms with E-state index in [1.54, 1.807) is 12.1 Å². The molecule has 1 N–H and O–H groups in total. The fraction of sp³-hybridized carbons (Fsp3) is 0.294. The zero-order valence-corrected chi connectivity index (χ0v) is 12.0. The van der Waals surface area contributed by atoms with E-state index >= 15 is 0 Å². The predicted molar refractivity (Wildman–Crippen MR) is 81.8 cm³/mol. The van der Waals surface area contributed by atoms with Crippen LogP contribution >= 0.6 is 11.6 Å². The Morgan fingerprint density at radius 2 is 1.95 bits per heavy atom. The van der Waals surface area contributed by atoms with Crippen LogP contribution in [0.5, 0.6) is 0 Å². The lowest BCUT2D eigenvalue weighted by molar-refractivity contribution is 0.612. The van der Waals surface area contributed by atoms with Crippen molar-refractivity contribution >= 4 is 17.3 Å². The lowest BCUT2D eigenvalue weighted by Gasteiger charge is -2.21. The Morgan fingerprint density at radius 1 is 1.10 bits per heavy atom. The lowest BCUT2D eigenvalue weighted by Crippen LogP contribution is -2.12. The number of fused-ring (bicyclic) bond motifs is 1. The Kier molecular flexibility index (Phi) is 3.93. The molecular weight excluding hydrogens is 273 g/mol. The van der Waals surface area contributed by atoms with Crippen LogP contribution in [-0.2, 0) is 6.42 Å². The molecule has 0 saturated heterocycles. The van der Waals surface area contributed by atoms with Gasteiger partial charge >= 0.3 is 0 Å². The molecule has 0 fully saturated rings. The third kappa shape index (κ3) is 2.80. The average molecular weight is 290 g/mol. The minimum Gasteiger partial charge on any atom is -0.376 e. The molecule has 0 saturated carbocycles. The highest BCUT2D eigenvalue weighted by Crippen LogP contribution is 2.32. The van der Waals surface area contributed by atoms with Crippen LogP contribution < -0.4 is 5.32 Å². The van der Waals surface area contributed by atoms with Gasteiger partial charge in [-0.2, -0.15) is 0 Å². The largest absolute Gasteiger partial charge is 0.376 e. The highest BCUT2D eigenvalue weighted by molar-refractivity contribution is 6.30. The van der Waals surface area contributed by atoms with Gasteiger partial charge in [0.15, 0.2) is 0 Å². The molecule has 3 rings (SSSR count). The SMILES string of the molecule is Fc1ccc(Cl)cc1NC1CCCCc2ccccc21. The van der Waals surface area contributed by atoms with E-state index in [2.05, 4.69) is 23.5 Å². The van der Waals surface area contributed by atoms with E-state index in [1.807, 2.05) is 6.07 Å². The molecule has 3 heteroatoms. The van der Waals surface area contributed by atoms with Gasteiger partial charge in [-0.1, -0.05) is 42.3 Å². The van der Waals surface area contributed by atoms with Crippen LogP contribution in [0.1, 0.15) is 36.4 Å². The van der Waals surface area contributed by atoms with Crippen molar-refractivity contribution in [3.63, 3.8) is 0 Å². The summed E-state index contributed by atoms with van der Waals surface area (Å²) in [6.07, 6.45) is 4.46. The summed E-state index contributed by atoms with van der Waals surface area (Å²) in [4.78, 5) is 0. The van der Waals surface area contributed by atoms with Gasteiger partial charge in [-0.25, -0.2) is 4.39 Å². The summed E-state index contributed by atoms with van der Waals surface area (Å²) < 4.78 is 13.9. The van der Waals surface area contributed by atoms with Crippen LogP contribution in [0.3, 0.4) is 0 Å². The Balaban J connectivity index is 1.92. The number of rotatable bonds is 2. The zero-order valence-electron chi connectivity index (χ0n) is 11.2. The van der Waals surface area contributed by atoms with Crippen LogP contribution in [0.15, 0.2) is 42.5 Å². The number of aryl methyl sites for hydroxylation is 1. The summed E-state index contributed by atoms with van der Waals surface area (Å²) in [5, 5.41) is 3.88. The fourth-order valence-corrected chi connectivity index (χ4v) is 3.04. The van der Waals surface area contributed by atoms with E-state index in [0.29, 0.717) is 10.7 Å². The molecule has 20 heavy (non-hydrogen) atoms. The molecule has 0 aliphatic heterocycles. The third-order valence-corrected chi connectivity index (χ3v) is 4.11. The molecule has 2 aromatic carbocycles. The minimum atomic E-state index is -0.254. The first-order valence-electron chi connectivity index (χ1n) is 7.03. The van der Waals surface area contributed by atoms with Crippen LogP contribution in [0.2, 0.25) is 5.02 Å². The van der Waals surface area contributed by atoms with Crippen LogP contribution in [-0.4, -0.2) is 0 Å². The molecule has 1 aliphatic carbocycles. The smallest absolute Gasteiger partial charge is 0.146 e. The van der Waals surface area contributed by atoms with Gasteiger partial charge in [-0.05, 0) is 48.6 Å². The van der Waals surface area contributed by atoms with Crippen LogP contribution in [0.4, 0.5) is 10.1 Å². The van der Waals surface area contributed by atoms with Gasteiger partial charge in [0.25, 0.3) is 0 Å². The predicted octanol–water partition coefficient (Wildman–Crippen LogP) is 5.36. The van der Waals surface area contributed by atoms with Gasteiger partial charge in [0.1, 0.15) is 5.82 Å². The summed E-state index contributed by atoms with van der Waals surface area (Å²) in [6.45, 7) is 0. The number of benzene rings is 2. The van der Waals surface area contributed by atoms with E-state index in [9.17, 15) is 4.39 Å². The Morgan fingerprint density at radius 3 is 2.85 bits per heavy atom. The second kappa shape index (κ2) is 5.84. The standard InChI is InChI=1S/C17H17ClFN/c18-13-9-10-15(19)17(11-13)20-16-8-4-2-6-12-5-1-3-7-14(12)16/h1,3,5,7,9-11,16,20H,2,4,6,8H2. The van der Waals surface area contributed by atoms with E-state index in [1.165, 1.54) is 23.6 Å². The zero-order chi connectivity index (χ0) is 13.9. The molecule has 0 bridgehead atoms. The van der Waals surface area contributed by atoms with E-state index < -0.39 is 0 Å². The topological polar surface area (TPSA) is 12.0 Å². The van der Waals surface area contributed by atoms with Gasteiger partial charge in [-0.3, -0.25) is 0 Å². The lowest BCUT2D eigenvalue weighted by atomic mass is 9.99. The highest BCUT2D eigenvalue weighted by atomic mass is 35.5. The van der Waals surface area contributed by atoms with E-state index in [4.69, 9.17) is 11.6 Å². The molecule has 2 aromatic rings. The maximum atomic E-state index is 13.9. The van der Waals surface area contributed by atoms with Crippen molar-refractivity contribution in [1.29, 1.82) is 0 Å². The average Bonchev–Trinajstić information content (AvgIpc) is 2.66. The molecule has 0 spiro atoms. The van der Waals surface area contributed by atoms with Crippen molar-refractivity contribution in [3.05, 3.63) is 64.4 Å². The van der Waals surface area contributed by atoms with Gasteiger partial charge < -0.3 is 5.32 Å². The minimum absolute atomic E-state index is 0.154. The van der Waals surface area contributed by atoms with Gasteiger partial charge in [0.2, 0.25) is 0 Å². The first kappa shape index (κ1) is 13.4. The molecule has 1 nitrogen and oxygen atoms in total. The summed E-state index contributed by atoms with van der Waals surface area (Å²) in [6, 6.07) is 13.2. The van der Waals surface area contributed by atoms with Gasteiger partial charge in [-0.15, -0.1) is 0 Å². The number of halogens is 2. The van der Waals surface area contributed by atoms with Crippen molar-refractivity contribution in [2.75, 3.05) is 5.32 Å². The van der Waals surface area contributed by atoms with Gasteiger partial charge in [0, 0.05) is 5.02 Å². The number of nitrogens with one attached hydrogen (secondary N) is 1. The maximum Gasteiger partial charge on any atom is 0.146 e. The van der Waals surface area contributed by atoms with Crippen molar-refractivity contribution in [3.8, 4) is 0 Å². The highest BCUT2D eigenvalue weighted by Gasteiger charge is 2.19. The Labute approximate surface area is 123 Å². The van der Waals surface area contributed by atoms with Crippen molar-refractivity contribution in [2.45, 2.75) is 31.7 Å². The van der Waals surface area contributed by atoms with Crippen molar-refractivity contribution < 1.29 is 4.39 Å². The van der Waals surface area contributed by atoms with E-state index in [-0.39, 0.29) is 11.9 Å². The molecule has 0 aromatic heterocycles. The molecule has 104 valence electrons. The number of hydrogen-bond acceptors (Lipinski definition) is 1. The molecule has 0 radical (unpaired) electrons. The summed E-state index contributed by atoms with van der Waals surface area (Å²) in [5.41, 5.74) is 3.13. The van der Waals surface area contributed by atoms with Crippen molar-refractivity contribution in [2.24, 2.45) is 0 Å². The quantitative estimate of drug-likeness (QED) is 0.734. The van der Waals surface area contributed by atoms with Crippen LogP contribution in [0, 0.1) is 5.82 Å². The second-order valence-corrected chi connectivity index (χ2v) is 5.70. The molecule has 1 atom stereocenters. The molecule has 0 heterocycles.